The van der Waals surface area contributed by atoms with E-state index in [0.717, 1.165) is 10.5 Å². The van der Waals surface area contributed by atoms with Gasteiger partial charge in [-0.2, -0.15) is 0 Å². The van der Waals surface area contributed by atoms with E-state index < -0.39 is 23.7 Å². The predicted octanol–water partition coefficient (Wildman–Crippen LogP) is 5.48. The number of hydrogen-bond acceptors (Lipinski definition) is 5. The van der Waals surface area contributed by atoms with E-state index in [4.69, 9.17) is 16.3 Å². The Morgan fingerprint density at radius 1 is 0.944 bits per heavy atom. The number of nitrogens with zero attached hydrogens (tertiary/aromatic N) is 2. The molecule has 3 aromatic carbocycles. The third kappa shape index (κ3) is 4.20. The minimum atomic E-state index is -0.632. The summed E-state index contributed by atoms with van der Waals surface area (Å²) < 4.78 is 6.27. The van der Waals surface area contributed by atoms with E-state index in [1.165, 1.54) is 11.0 Å². The Bertz CT molecular complexity index is 1470. The van der Waals surface area contributed by atoms with Crippen molar-refractivity contribution < 1.29 is 23.9 Å². The number of ether oxygens (including phenoxy) is 1. The van der Waals surface area contributed by atoms with E-state index in [1.807, 2.05) is 13.0 Å². The van der Waals surface area contributed by atoms with Gasteiger partial charge in [-0.1, -0.05) is 33.6 Å². The smallest absolute Gasteiger partial charge is 0.316 e. The Labute approximate surface area is 220 Å². The summed E-state index contributed by atoms with van der Waals surface area (Å²) in [5.74, 6) is -1.89. The second kappa shape index (κ2) is 9.19. The molecule has 2 aliphatic rings. The summed E-state index contributed by atoms with van der Waals surface area (Å²) in [5, 5.41) is 0.549. The third-order valence-electron chi connectivity index (χ3n) is 6.40. The number of halogens is 2. The number of carbonyl (C=O) groups excluding carboxylic acids is 4. The van der Waals surface area contributed by atoms with Crippen molar-refractivity contribution >= 4 is 62.6 Å². The molecule has 3 amide bonds. The van der Waals surface area contributed by atoms with Gasteiger partial charge in [-0.05, 0) is 73.5 Å². The van der Waals surface area contributed by atoms with Crippen molar-refractivity contribution in [1.29, 1.82) is 0 Å². The molecule has 7 nitrogen and oxygen atoms in total. The molecule has 3 aromatic rings. The first-order chi connectivity index (χ1) is 17.1. The molecule has 2 aliphatic heterocycles. The molecule has 0 aliphatic carbocycles. The van der Waals surface area contributed by atoms with Gasteiger partial charge in [-0.25, -0.2) is 4.90 Å². The van der Waals surface area contributed by atoms with Gasteiger partial charge in [-0.15, -0.1) is 0 Å². The third-order valence-corrected chi connectivity index (χ3v) is 7.30. The first kappa shape index (κ1) is 24.2. The van der Waals surface area contributed by atoms with Crippen molar-refractivity contribution in [3.05, 3.63) is 86.3 Å². The van der Waals surface area contributed by atoms with Gasteiger partial charge in [0.05, 0.1) is 22.7 Å². The van der Waals surface area contributed by atoms with Crippen LogP contribution in [0.2, 0.25) is 5.02 Å². The minimum Gasteiger partial charge on any atom is -0.426 e. The first-order valence-electron chi connectivity index (χ1n) is 11.2. The lowest BCUT2D eigenvalue weighted by molar-refractivity contribution is -0.139. The molecule has 36 heavy (non-hydrogen) atoms. The Morgan fingerprint density at radius 3 is 2.42 bits per heavy atom. The molecule has 1 fully saturated rings. The highest BCUT2D eigenvalue weighted by molar-refractivity contribution is 9.10. The van der Waals surface area contributed by atoms with Gasteiger partial charge in [-0.3, -0.25) is 19.2 Å². The maximum Gasteiger partial charge on any atom is 0.316 e. The number of carbonyl (C=O) groups is 4. The number of aryl methyl sites for hydroxylation is 2. The van der Waals surface area contributed by atoms with Crippen LogP contribution in [-0.2, 0) is 9.59 Å². The Balaban J connectivity index is 1.30. The molecule has 0 saturated carbocycles. The monoisotopic (exact) mass is 566 g/mol. The molecule has 0 N–H and O–H groups in total. The second-order valence-electron chi connectivity index (χ2n) is 8.84. The van der Waals surface area contributed by atoms with Crippen LogP contribution >= 0.6 is 27.5 Å². The van der Waals surface area contributed by atoms with Crippen LogP contribution in [0.3, 0.4) is 0 Å². The summed E-state index contributed by atoms with van der Waals surface area (Å²) in [5.41, 5.74) is 3.20. The largest absolute Gasteiger partial charge is 0.426 e. The maximum absolute atomic E-state index is 12.9. The summed E-state index contributed by atoms with van der Waals surface area (Å²) in [4.78, 5) is 53.9. The molecule has 0 unspecified atom stereocenters. The summed E-state index contributed by atoms with van der Waals surface area (Å²) in [7, 11) is 0. The van der Waals surface area contributed by atoms with Gasteiger partial charge in [0.15, 0.2) is 0 Å². The van der Waals surface area contributed by atoms with E-state index in [9.17, 15) is 19.2 Å². The van der Waals surface area contributed by atoms with Crippen molar-refractivity contribution in [3.63, 3.8) is 0 Å². The number of benzene rings is 3. The molecule has 0 aromatic heterocycles. The molecule has 182 valence electrons. The summed E-state index contributed by atoms with van der Waals surface area (Å²) in [6, 6.07) is 15.0. The van der Waals surface area contributed by atoms with Crippen molar-refractivity contribution in [1.82, 2.24) is 0 Å². The topological polar surface area (TPSA) is 84.0 Å². The second-order valence-corrected chi connectivity index (χ2v) is 10.2. The normalized spacial score (nSPS) is 17.1. The summed E-state index contributed by atoms with van der Waals surface area (Å²) >= 11 is 9.52. The minimum absolute atomic E-state index is 0.0337. The zero-order chi connectivity index (χ0) is 25.7. The molecule has 1 atom stereocenters. The van der Waals surface area contributed by atoms with Crippen molar-refractivity contribution in [3.8, 4) is 5.75 Å². The van der Waals surface area contributed by atoms with Crippen LogP contribution in [0, 0.1) is 19.8 Å². The fourth-order valence-electron chi connectivity index (χ4n) is 4.44. The molecule has 9 heteroatoms. The van der Waals surface area contributed by atoms with E-state index in [2.05, 4.69) is 15.9 Å². The zero-order valence-electron chi connectivity index (χ0n) is 19.4. The molecular weight excluding hydrogens is 548 g/mol. The van der Waals surface area contributed by atoms with Gasteiger partial charge in [0, 0.05) is 28.1 Å². The maximum atomic E-state index is 12.9. The Hall–Kier alpha value is -3.49. The van der Waals surface area contributed by atoms with Gasteiger partial charge in [0.2, 0.25) is 5.91 Å². The molecule has 1 saturated heterocycles. The van der Waals surface area contributed by atoms with Crippen LogP contribution < -0.4 is 14.5 Å². The Morgan fingerprint density at radius 2 is 1.69 bits per heavy atom. The van der Waals surface area contributed by atoms with Crippen molar-refractivity contribution in [2.24, 2.45) is 5.92 Å². The van der Waals surface area contributed by atoms with Gasteiger partial charge in [0.1, 0.15) is 5.75 Å². The lowest BCUT2D eigenvalue weighted by Crippen LogP contribution is -2.30. The van der Waals surface area contributed by atoms with Gasteiger partial charge in [0.25, 0.3) is 11.8 Å². The lowest BCUT2D eigenvalue weighted by atomic mass is 10.1. The van der Waals surface area contributed by atoms with Crippen LogP contribution in [0.25, 0.3) is 0 Å². The number of amides is 3. The fraction of sp³-hybridized carbons (Fsp3) is 0.185. The molecular formula is C27H20BrClN2O5. The van der Waals surface area contributed by atoms with Crippen LogP contribution in [0.5, 0.6) is 5.75 Å². The zero-order valence-corrected chi connectivity index (χ0v) is 21.7. The average molecular weight is 568 g/mol. The van der Waals surface area contributed by atoms with E-state index >= 15 is 0 Å². The van der Waals surface area contributed by atoms with Crippen LogP contribution in [-0.4, -0.2) is 30.2 Å². The van der Waals surface area contributed by atoms with Crippen LogP contribution in [0.1, 0.15) is 38.3 Å². The molecule has 0 spiro atoms. The van der Waals surface area contributed by atoms with Gasteiger partial charge >= 0.3 is 5.97 Å². The standard InChI is InChI=1S/C27H20BrClN2O5/c1-14-3-5-18(12-22(14)29)30-13-16(10-24(30)32)27(35)36-19-6-8-23(15(2)9-19)31-25(33)20-7-4-17(28)11-21(20)26(31)34/h3-9,11-12,16H,10,13H2,1-2H3/t16-/m0/s1. The lowest BCUT2D eigenvalue weighted by Gasteiger charge is -2.18. The molecule has 5 rings (SSSR count). The Kier molecular flexibility index (Phi) is 6.18. The number of hydrogen-bond donors (Lipinski definition) is 0. The molecule has 2 heterocycles. The number of anilines is 2. The van der Waals surface area contributed by atoms with E-state index in [1.54, 1.807) is 49.4 Å². The molecule has 0 radical (unpaired) electrons. The highest BCUT2D eigenvalue weighted by atomic mass is 79.9. The van der Waals surface area contributed by atoms with E-state index in [-0.39, 0.29) is 24.6 Å². The van der Waals surface area contributed by atoms with Crippen molar-refractivity contribution in [2.75, 3.05) is 16.3 Å². The van der Waals surface area contributed by atoms with Crippen LogP contribution in [0.4, 0.5) is 11.4 Å². The fourth-order valence-corrected chi connectivity index (χ4v) is 4.97. The SMILES string of the molecule is Cc1ccc(N2C[C@@H](C(=O)Oc3ccc(N4C(=O)c5ccc(Br)cc5C4=O)c(C)c3)CC2=O)cc1Cl. The van der Waals surface area contributed by atoms with Crippen molar-refractivity contribution in [2.45, 2.75) is 20.3 Å². The predicted molar refractivity (Wildman–Crippen MR) is 139 cm³/mol. The summed E-state index contributed by atoms with van der Waals surface area (Å²) in [6.07, 6.45) is 0.0337. The van der Waals surface area contributed by atoms with Gasteiger partial charge < -0.3 is 9.64 Å². The average Bonchev–Trinajstić information content (AvgIpc) is 3.33. The summed E-state index contributed by atoms with van der Waals surface area (Å²) in [6.45, 7) is 3.80. The number of rotatable bonds is 4. The van der Waals surface area contributed by atoms with Crippen LogP contribution in [0.15, 0.2) is 59.1 Å². The number of imide groups is 1. The highest BCUT2D eigenvalue weighted by Gasteiger charge is 2.38. The number of fused-ring (bicyclic) bond motifs is 1. The first-order valence-corrected chi connectivity index (χ1v) is 12.4. The number of esters is 1. The van der Waals surface area contributed by atoms with E-state index in [0.29, 0.717) is 37.6 Å². The highest BCUT2D eigenvalue weighted by Crippen LogP contribution is 2.34. The molecule has 0 bridgehead atoms. The quantitative estimate of drug-likeness (QED) is 0.237.